The molecule has 1 fully saturated rings. The van der Waals surface area contributed by atoms with Crippen LogP contribution in [0, 0.1) is 23.7 Å². The number of hydrogen-bond donors (Lipinski definition) is 4. The number of hydrogen-bond acceptors (Lipinski definition) is 6. The summed E-state index contributed by atoms with van der Waals surface area (Å²) in [5.74, 6) is 2.35. The molecule has 0 saturated heterocycles. The predicted octanol–water partition coefficient (Wildman–Crippen LogP) is 0.186. The second kappa shape index (κ2) is 9.28. The second-order valence-corrected chi connectivity index (χ2v) is 7.08. The number of carbonyl (C=O) groups is 1. The van der Waals surface area contributed by atoms with E-state index in [1.807, 2.05) is 0 Å². The van der Waals surface area contributed by atoms with E-state index in [0.29, 0.717) is 0 Å². The van der Waals surface area contributed by atoms with Crippen LogP contribution >= 0.6 is 0 Å². The average molecular weight is 416 g/mol. The highest BCUT2D eigenvalue weighted by Crippen LogP contribution is 2.42. The van der Waals surface area contributed by atoms with Crippen molar-refractivity contribution < 1.29 is 28.2 Å². The van der Waals surface area contributed by atoms with Crippen LogP contribution in [0.4, 0.5) is 19.0 Å². The zero-order chi connectivity index (χ0) is 21.8. The summed E-state index contributed by atoms with van der Waals surface area (Å²) >= 11 is 0. The van der Waals surface area contributed by atoms with Gasteiger partial charge in [-0.2, -0.15) is 18.2 Å². The molecule has 0 aromatic carbocycles. The van der Waals surface area contributed by atoms with Gasteiger partial charge in [0.15, 0.2) is 0 Å². The Kier molecular flexibility index (Phi) is 7.26. The summed E-state index contributed by atoms with van der Waals surface area (Å²) in [7, 11) is 0. The highest BCUT2D eigenvalue weighted by Gasteiger charge is 2.38. The molecule has 0 spiro atoms. The van der Waals surface area contributed by atoms with Crippen molar-refractivity contribution in [3.8, 4) is 11.8 Å². The molecule has 3 atom stereocenters. The maximum atomic E-state index is 12.3. The topological polar surface area (TPSA) is 130 Å². The molecule has 1 saturated carbocycles. The Balaban J connectivity index is 2.21. The van der Waals surface area contributed by atoms with Crippen LogP contribution in [-0.4, -0.2) is 51.1 Å². The molecule has 0 radical (unpaired) electrons. The maximum Gasteiger partial charge on any atom is 0.471 e. The molecule has 2 rings (SSSR count). The number of nitrogens with two attached hydrogens (primary N) is 1. The number of carbonyl (C=O) groups excluding carboxylic acids is 1. The number of nitrogens with zero attached hydrogens (tertiary/aromatic N) is 2. The van der Waals surface area contributed by atoms with Crippen molar-refractivity contribution in [2.45, 2.75) is 44.5 Å². The van der Waals surface area contributed by atoms with Crippen LogP contribution in [0.15, 0.2) is 11.0 Å². The number of aliphatic hydroxyl groups excluding tert-OH is 2. The molecule has 160 valence electrons. The molecule has 0 aliphatic heterocycles. The van der Waals surface area contributed by atoms with E-state index in [2.05, 4.69) is 16.8 Å². The number of nitrogen functional groups attached to an aromatic ring is 1. The third-order valence-electron chi connectivity index (χ3n) is 4.75. The maximum absolute atomic E-state index is 12.3. The average Bonchev–Trinajstić information content (AvgIpc) is 3.48. The lowest BCUT2D eigenvalue weighted by Crippen LogP contribution is -2.36. The van der Waals surface area contributed by atoms with Crippen LogP contribution in [0.1, 0.15) is 37.8 Å². The summed E-state index contributed by atoms with van der Waals surface area (Å²) in [5.41, 5.74) is 5.19. The van der Waals surface area contributed by atoms with Gasteiger partial charge in [0.1, 0.15) is 5.82 Å². The first-order valence-corrected chi connectivity index (χ1v) is 9.06. The lowest BCUT2D eigenvalue weighted by atomic mass is 9.96. The smallest absolute Gasteiger partial charge is 0.396 e. The zero-order valence-electron chi connectivity index (χ0n) is 15.7. The number of alkyl halides is 3. The van der Waals surface area contributed by atoms with Crippen molar-refractivity contribution in [2.75, 3.05) is 18.9 Å². The molecule has 1 heterocycles. The lowest BCUT2D eigenvalue weighted by molar-refractivity contribution is -0.173. The van der Waals surface area contributed by atoms with Gasteiger partial charge in [-0.05, 0) is 25.2 Å². The second-order valence-electron chi connectivity index (χ2n) is 7.08. The van der Waals surface area contributed by atoms with E-state index in [1.54, 1.807) is 12.2 Å². The van der Waals surface area contributed by atoms with Gasteiger partial charge in [-0.3, -0.25) is 9.36 Å². The normalized spacial score (nSPS) is 17.0. The van der Waals surface area contributed by atoms with Gasteiger partial charge < -0.3 is 21.3 Å². The fourth-order valence-electron chi connectivity index (χ4n) is 2.80. The quantitative estimate of drug-likeness (QED) is 0.470. The van der Waals surface area contributed by atoms with Gasteiger partial charge in [-0.1, -0.05) is 18.8 Å². The molecule has 0 bridgehead atoms. The van der Waals surface area contributed by atoms with Gasteiger partial charge >= 0.3 is 17.8 Å². The summed E-state index contributed by atoms with van der Waals surface area (Å²) in [6, 6.07) is -0.370. The minimum Gasteiger partial charge on any atom is -0.396 e. The van der Waals surface area contributed by atoms with E-state index >= 15 is 0 Å². The Morgan fingerprint density at radius 2 is 2.14 bits per heavy atom. The van der Waals surface area contributed by atoms with Crippen molar-refractivity contribution in [3.63, 3.8) is 0 Å². The van der Waals surface area contributed by atoms with Gasteiger partial charge in [0, 0.05) is 24.8 Å². The molecule has 11 heteroatoms. The van der Waals surface area contributed by atoms with Crippen LogP contribution in [0.5, 0.6) is 0 Å². The Morgan fingerprint density at radius 3 is 2.69 bits per heavy atom. The Morgan fingerprint density at radius 1 is 1.48 bits per heavy atom. The molecular formula is C18H23F3N4O4. The van der Waals surface area contributed by atoms with E-state index in [1.165, 1.54) is 10.8 Å². The van der Waals surface area contributed by atoms with Crippen LogP contribution in [-0.2, 0) is 4.79 Å². The van der Waals surface area contributed by atoms with Crippen LogP contribution < -0.4 is 16.7 Å². The summed E-state index contributed by atoms with van der Waals surface area (Å²) in [6.07, 6.45) is -2.51. The number of amides is 1. The van der Waals surface area contributed by atoms with Crippen molar-refractivity contribution in [1.29, 1.82) is 0 Å². The fourth-order valence-corrected chi connectivity index (χ4v) is 2.80. The summed E-state index contributed by atoms with van der Waals surface area (Å²) in [5, 5.41) is 21.1. The van der Waals surface area contributed by atoms with E-state index in [4.69, 9.17) is 5.73 Å². The lowest BCUT2D eigenvalue weighted by Gasteiger charge is -2.25. The SMILES string of the molecule is CC(CO)C(O)CC(C1CC1)n1cc(C#CCNC(=O)C(F)(F)F)c(N)nc1=O. The first-order chi connectivity index (χ1) is 13.5. The molecule has 1 aliphatic rings. The number of aliphatic hydroxyl groups is 2. The van der Waals surface area contributed by atoms with E-state index in [0.717, 1.165) is 12.8 Å². The fraction of sp³-hybridized carbons (Fsp3) is 0.611. The number of aromatic nitrogens is 2. The van der Waals surface area contributed by atoms with Crippen molar-refractivity contribution >= 4 is 11.7 Å². The third-order valence-corrected chi connectivity index (χ3v) is 4.75. The van der Waals surface area contributed by atoms with Gasteiger partial charge in [0.25, 0.3) is 0 Å². The van der Waals surface area contributed by atoms with Crippen LogP contribution in [0.3, 0.4) is 0 Å². The third kappa shape index (κ3) is 6.20. The molecular weight excluding hydrogens is 393 g/mol. The molecule has 5 N–H and O–H groups in total. The predicted molar refractivity (Wildman–Crippen MR) is 97.5 cm³/mol. The van der Waals surface area contributed by atoms with Crippen molar-refractivity contribution in [2.24, 2.45) is 11.8 Å². The molecule has 1 aliphatic carbocycles. The molecule has 29 heavy (non-hydrogen) atoms. The summed E-state index contributed by atoms with van der Waals surface area (Å²) in [4.78, 5) is 26.8. The monoisotopic (exact) mass is 416 g/mol. The Bertz CT molecular complexity index is 855. The largest absolute Gasteiger partial charge is 0.471 e. The molecule has 1 aromatic rings. The highest BCUT2D eigenvalue weighted by atomic mass is 19.4. The van der Waals surface area contributed by atoms with Crippen molar-refractivity contribution in [1.82, 2.24) is 14.9 Å². The zero-order valence-corrected chi connectivity index (χ0v) is 15.7. The summed E-state index contributed by atoms with van der Waals surface area (Å²) < 4.78 is 37.8. The molecule has 8 nitrogen and oxygen atoms in total. The van der Waals surface area contributed by atoms with Gasteiger partial charge in [-0.25, -0.2) is 4.79 Å². The standard InChI is InChI=1S/C18H23F3N4O4/c1-10(9-26)14(27)7-13(11-4-5-11)25-8-12(15(22)24-17(25)29)3-2-6-23-16(28)18(19,20)21/h8,10-11,13-14,26-27H,4-7,9H2,1H3,(H,23,28)(H2,22,24,29). The van der Waals surface area contributed by atoms with E-state index < -0.39 is 30.4 Å². The van der Waals surface area contributed by atoms with Crippen LogP contribution in [0.2, 0.25) is 0 Å². The first-order valence-electron chi connectivity index (χ1n) is 9.06. The number of anilines is 1. The van der Waals surface area contributed by atoms with Gasteiger partial charge in [-0.15, -0.1) is 0 Å². The first kappa shape index (κ1) is 22.7. The molecule has 3 unspecified atom stereocenters. The van der Waals surface area contributed by atoms with Crippen LogP contribution in [0.25, 0.3) is 0 Å². The summed E-state index contributed by atoms with van der Waals surface area (Å²) in [6.45, 7) is 0.925. The number of nitrogens with one attached hydrogen (secondary N) is 1. The highest BCUT2D eigenvalue weighted by molar-refractivity contribution is 5.81. The minimum absolute atomic E-state index is 0.126. The molecule has 1 aromatic heterocycles. The van der Waals surface area contributed by atoms with Crippen molar-refractivity contribution in [3.05, 3.63) is 22.2 Å². The van der Waals surface area contributed by atoms with E-state index in [9.17, 15) is 33.0 Å². The number of rotatable bonds is 7. The van der Waals surface area contributed by atoms with Gasteiger partial charge in [0.05, 0.1) is 18.2 Å². The Labute approximate surface area is 164 Å². The number of halogens is 3. The van der Waals surface area contributed by atoms with Gasteiger partial charge in [0.2, 0.25) is 0 Å². The molecule has 1 amide bonds. The Hall–Kier alpha value is -2.58. The van der Waals surface area contributed by atoms with E-state index in [-0.39, 0.29) is 42.3 Å². The minimum atomic E-state index is -5.00.